The summed E-state index contributed by atoms with van der Waals surface area (Å²) in [5, 5.41) is 4.73. The Balaban J connectivity index is 2.36. The molecule has 7 heteroatoms. The van der Waals surface area contributed by atoms with E-state index in [-0.39, 0.29) is 13.2 Å². The average Bonchev–Trinajstić information content (AvgIpc) is 2.13. The number of nitrogens with one attached hydrogen (secondary N) is 1. The van der Waals surface area contributed by atoms with Crippen LogP contribution in [-0.4, -0.2) is 21.6 Å². The summed E-state index contributed by atoms with van der Waals surface area (Å²) < 4.78 is 28.3. The summed E-state index contributed by atoms with van der Waals surface area (Å²) in [6.07, 6.45) is 0. The fourth-order valence-corrected chi connectivity index (χ4v) is 1.32. The van der Waals surface area contributed by atoms with Crippen LogP contribution < -0.4 is 20.3 Å². The molecule has 5 N–H and O–H groups in total. The highest BCUT2D eigenvalue weighted by Gasteiger charge is 2.01. The molecule has 0 aliphatic carbocycles. The average molecular weight is 231 g/mol. The van der Waals surface area contributed by atoms with E-state index in [0.29, 0.717) is 11.4 Å². The zero-order chi connectivity index (χ0) is 11.3. The van der Waals surface area contributed by atoms with Crippen LogP contribution in [0.15, 0.2) is 24.3 Å². The SMILES string of the molecule is Nc1ccccc1OCCNS(N)(=O)=O. The molecular weight excluding hydrogens is 218 g/mol. The van der Waals surface area contributed by atoms with Gasteiger partial charge in [-0.05, 0) is 12.1 Å². The second-order valence-electron chi connectivity index (χ2n) is 2.83. The standard InChI is InChI=1S/C8H13N3O3S/c9-7-3-1-2-4-8(7)14-6-5-11-15(10,12)13/h1-4,11H,5-6,9H2,(H2,10,12,13). The first-order chi connectivity index (χ1) is 6.99. The normalized spacial score (nSPS) is 11.3. The molecule has 0 radical (unpaired) electrons. The van der Waals surface area contributed by atoms with Gasteiger partial charge in [-0.2, -0.15) is 13.1 Å². The van der Waals surface area contributed by atoms with Crippen LogP contribution in [0.2, 0.25) is 0 Å². The Morgan fingerprint density at radius 2 is 2.00 bits per heavy atom. The monoisotopic (exact) mass is 231 g/mol. The van der Waals surface area contributed by atoms with Crippen molar-refractivity contribution >= 4 is 15.9 Å². The molecule has 84 valence electrons. The van der Waals surface area contributed by atoms with Crippen molar-refractivity contribution in [3.63, 3.8) is 0 Å². The third-order valence-electron chi connectivity index (χ3n) is 1.58. The predicted octanol–water partition coefficient (Wildman–Crippen LogP) is -0.559. The van der Waals surface area contributed by atoms with Gasteiger partial charge in [0, 0.05) is 6.54 Å². The zero-order valence-electron chi connectivity index (χ0n) is 8.01. The maximum absolute atomic E-state index is 10.5. The van der Waals surface area contributed by atoms with Gasteiger partial charge in [-0.3, -0.25) is 0 Å². The van der Waals surface area contributed by atoms with E-state index in [1.54, 1.807) is 24.3 Å². The van der Waals surface area contributed by atoms with Crippen molar-refractivity contribution in [2.24, 2.45) is 5.14 Å². The van der Waals surface area contributed by atoms with E-state index in [1.807, 2.05) is 0 Å². The largest absolute Gasteiger partial charge is 0.490 e. The highest BCUT2D eigenvalue weighted by Crippen LogP contribution is 2.19. The number of benzene rings is 1. The van der Waals surface area contributed by atoms with Gasteiger partial charge in [0.05, 0.1) is 5.69 Å². The van der Waals surface area contributed by atoms with Crippen LogP contribution in [0.25, 0.3) is 0 Å². The molecule has 1 aromatic rings. The molecule has 0 heterocycles. The van der Waals surface area contributed by atoms with Crippen molar-refractivity contribution in [1.82, 2.24) is 4.72 Å². The van der Waals surface area contributed by atoms with Crippen LogP contribution in [0.5, 0.6) is 5.75 Å². The van der Waals surface area contributed by atoms with Gasteiger partial charge in [-0.1, -0.05) is 12.1 Å². The van der Waals surface area contributed by atoms with Gasteiger partial charge in [0.2, 0.25) is 0 Å². The van der Waals surface area contributed by atoms with Crippen molar-refractivity contribution in [3.05, 3.63) is 24.3 Å². The molecule has 0 atom stereocenters. The number of nitrogens with two attached hydrogens (primary N) is 2. The summed E-state index contributed by atoms with van der Waals surface area (Å²) in [5.41, 5.74) is 6.11. The second kappa shape index (κ2) is 4.96. The molecule has 0 aliphatic rings. The minimum absolute atomic E-state index is 0.104. The van der Waals surface area contributed by atoms with Crippen LogP contribution in [0.1, 0.15) is 0 Å². The van der Waals surface area contributed by atoms with Crippen molar-refractivity contribution in [3.8, 4) is 5.75 Å². The molecule has 0 unspecified atom stereocenters. The Hall–Kier alpha value is -1.31. The third kappa shape index (κ3) is 4.63. The van der Waals surface area contributed by atoms with Crippen molar-refractivity contribution < 1.29 is 13.2 Å². The van der Waals surface area contributed by atoms with Crippen LogP contribution in [0, 0.1) is 0 Å². The van der Waals surface area contributed by atoms with E-state index < -0.39 is 10.2 Å². The quantitative estimate of drug-likeness (QED) is 0.466. The number of rotatable bonds is 5. The van der Waals surface area contributed by atoms with Crippen molar-refractivity contribution in [1.29, 1.82) is 0 Å². The fraction of sp³-hybridized carbons (Fsp3) is 0.250. The predicted molar refractivity (Wildman–Crippen MR) is 57.5 cm³/mol. The lowest BCUT2D eigenvalue weighted by molar-refractivity contribution is 0.324. The van der Waals surface area contributed by atoms with Crippen LogP contribution in [-0.2, 0) is 10.2 Å². The molecule has 1 aromatic carbocycles. The fourth-order valence-electron chi connectivity index (χ4n) is 0.957. The minimum atomic E-state index is -3.65. The summed E-state index contributed by atoms with van der Waals surface area (Å²) in [4.78, 5) is 0. The Kier molecular flexibility index (Phi) is 3.89. The molecule has 0 amide bonds. The van der Waals surface area contributed by atoms with Gasteiger partial charge in [-0.15, -0.1) is 0 Å². The maximum atomic E-state index is 10.5. The lowest BCUT2D eigenvalue weighted by Crippen LogP contribution is -2.33. The van der Waals surface area contributed by atoms with E-state index >= 15 is 0 Å². The molecule has 1 rings (SSSR count). The molecule has 0 spiro atoms. The summed E-state index contributed by atoms with van der Waals surface area (Å²) >= 11 is 0. The van der Waals surface area contributed by atoms with Gasteiger partial charge in [0.1, 0.15) is 12.4 Å². The van der Waals surface area contributed by atoms with E-state index in [9.17, 15) is 8.42 Å². The number of hydrogen-bond donors (Lipinski definition) is 3. The smallest absolute Gasteiger partial charge is 0.274 e. The van der Waals surface area contributed by atoms with Crippen LogP contribution in [0.4, 0.5) is 5.69 Å². The summed E-state index contributed by atoms with van der Waals surface area (Å²) in [6.45, 7) is 0.276. The summed E-state index contributed by atoms with van der Waals surface area (Å²) in [7, 11) is -3.65. The second-order valence-corrected chi connectivity index (χ2v) is 4.20. The topological polar surface area (TPSA) is 107 Å². The molecule has 0 aromatic heterocycles. The summed E-state index contributed by atoms with van der Waals surface area (Å²) in [5.74, 6) is 0.522. The molecule has 0 saturated heterocycles. The molecule has 15 heavy (non-hydrogen) atoms. The third-order valence-corrected chi connectivity index (χ3v) is 2.19. The highest BCUT2D eigenvalue weighted by atomic mass is 32.2. The van der Waals surface area contributed by atoms with Gasteiger partial charge < -0.3 is 10.5 Å². The van der Waals surface area contributed by atoms with Gasteiger partial charge in [-0.25, -0.2) is 5.14 Å². The first kappa shape index (κ1) is 11.8. The van der Waals surface area contributed by atoms with Gasteiger partial charge in [0.15, 0.2) is 0 Å². The maximum Gasteiger partial charge on any atom is 0.274 e. The van der Waals surface area contributed by atoms with Crippen molar-refractivity contribution in [2.75, 3.05) is 18.9 Å². The Bertz CT molecular complexity index is 419. The van der Waals surface area contributed by atoms with E-state index in [0.717, 1.165) is 0 Å². The van der Waals surface area contributed by atoms with E-state index in [1.165, 1.54) is 0 Å². The first-order valence-electron chi connectivity index (χ1n) is 4.24. The lowest BCUT2D eigenvalue weighted by Gasteiger charge is -2.08. The Morgan fingerprint density at radius 1 is 1.33 bits per heavy atom. The molecule has 0 bridgehead atoms. The molecule has 0 saturated carbocycles. The van der Waals surface area contributed by atoms with E-state index in [4.69, 9.17) is 15.6 Å². The first-order valence-corrected chi connectivity index (χ1v) is 5.78. The molecule has 0 fully saturated rings. The summed E-state index contributed by atoms with van der Waals surface area (Å²) in [6, 6.07) is 6.96. The minimum Gasteiger partial charge on any atom is -0.490 e. The van der Waals surface area contributed by atoms with Gasteiger partial charge in [0.25, 0.3) is 10.2 Å². The number of nitrogen functional groups attached to an aromatic ring is 1. The zero-order valence-corrected chi connectivity index (χ0v) is 8.83. The van der Waals surface area contributed by atoms with Crippen LogP contribution >= 0.6 is 0 Å². The Labute approximate surface area is 88.4 Å². The number of para-hydroxylation sites is 2. The molecular formula is C8H13N3O3S. The number of hydrogen-bond acceptors (Lipinski definition) is 4. The molecule has 6 nitrogen and oxygen atoms in total. The molecule has 0 aliphatic heterocycles. The Morgan fingerprint density at radius 3 is 2.60 bits per heavy atom. The number of ether oxygens (including phenoxy) is 1. The van der Waals surface area contributed by atoms with E-state index in [2.05, 4.69) is 4.72 Å². The van der Waals surface area contributed by atoms with Crippen LogP contribution in [0.3, 0.4) is 0 Å². The highest BCUT2D eigenvalue weighted by molar-refractivity contribution is 7.87. The lowest BCUT2D eigenvalue weighted by atomic mass is 10.3. The van der Waals surface area contributed by atoms with Gasteiger partial charge >= 0.3 is 0 Å². The van der Waals surface area contributed by atoms with Crippen molar-refractivity contribution in [2.45, 2.75) is 0 Å². The number of anilines is 1.